The Morgan fingerprint density at radius 3 is 2.38 bits per heavy atom. The van der Waals surface area contributed by atoms with Crippen LogP contribution in [0.2, 0.25) is 5.02 Å². The summed E-state index contributed by atoms with van der Waals surface area (Å²) in [7, 11) is -3.90. The third kappa shape index (κ3) is 3.85. The Kier molecular flexibility index (Phi) is 4.47. The standard InChI is InChI=1S/C16H14ClFN2O3S/c17-14-9-13(7-8-15(14)18)24(22,23)20-12-3-1-10(2-4-12)16(21)19-11-5-6-11/h1-4,7-9,11,20H,5-6H2,(H,19,21). The first-order chi connectivity index (χ1) is 11.3. The van der Waals surface area contributed by atoms with Gasteiger partial charge in [0.2, 0.25) is 0 Å². The van der Waals surface area contributed by atoms with E-state index in [9.17, 15) is 17.6 Å². The Balaban J connectivity index is 1.74. The SMILES string of the molecule is O=C(NC1CC1)c1ccc(NS(=O)(=O)c2ccc(F)c(Cl)c2)cc1. The second-order valence-electron chi connectivity index (χ2n) is 5.51. The second kappa shape index (κ2) is 6.41. The van der Waals surface area contributed by atoms with Crippen LogP contribution in [0.5, 0.6) is 0 Å². The molecular weight excluding hydrogens is 355 g/mol. The number of carbonyl (C=O) groups is 1. The highest BCUT2D eigenvalue weighted by Crippen LogP contribution is 2.22. The maximum absolute atomic E-state index is 13.1. The van der Waals surface area contributed by atoms with Crippen LogP contribution in [0.1, 0.15) is 23.2 Å². The number of anilines is 1. The summed E-state index contributed by atoms with van der Waals surface area (Å²) in [6, 6.07) is 9.45. The van der Waals surface area contributed by atoms with Gasteiger partial charge in [0.05, 0.1) is 9.92 Å². The maximum Gasteiger partial charge on any atom is 0.261 e. The number of sulfonamides is 1. The molecule has 1 aliphatic rings. The molecule has 0 saturated heterocycles. The summed E-state index contributed by atoms with van der Waals surface area (Å²) in [6.07, 6.45) is 1.98. The minimum absolute atomic E-state index is 0.149. The Morgan fingerprint density at radius 1 is 1.12 bits per heavy atom. The summed E-state index contributed by atoms with van der Waals surface area (Å²) in [5.74, 6) is -0.876. The fourth-order valence-electron chi connectivity index (χ4n) is 2.04. The van der Waals surface area contributed by atoms with Crippen molar-refractivity contribution in [2.24, 2.45) is 0 Å². The van der Waals surface area contributed by atoms with E-state index in [-0.39, 0.29) is 21.9 Å². The molecule has 0 atom stereocenters. The average molecular weight is 369 g/mol. The van der Waals surface area contributed by atoms with Crippen LogP contribution in [-0.4, -0.2) is 20.4 Å². The van der Waals surface area contributed by atoms with Crippen molar-refractivity contribution < 1.29 is 17.6 Å². The van der Waals surface area contributed by atoms with Crippen molar-refractivity contribution in [2.75, 3.05) is 4.72 Å². The van der Waals surface area contributed by atoms with Crippen LogP contribution >= 0.6 is 11.6 Å². The number of hydrogen-bond acceptors (Lipinski definition) is 3. The molecule has 0 aromatic heterocycles. The van der Waals surface area contributed by atoms with Gasteiger partial charge in [-0.2, -0.15) is 0 Å². The van der Waals surface area contributed by atoms with E-state index < -0.39 is 15.8 Å². The molecule has 0 bridgehead atoms. The molecule has 0 unspecified atom stereocenters. The molecule has 2 aromatic carbocycles. The summed E-state index contributed by atoms with van der Waals surface area (Å²) in [5.41, 5.74) is 0.744. The first-order valence-electron chi connectivity index (χ1n) is 7.24. The van der Waals surface area contributed by atoms with E-state index in [0.717, 1.165) is 31.0 Å². The Labute approximate surface area is 143 Å². The van der Waals surface area contributed by atoms with Crippen molar-refractivity contribution in [3.8, 4) is 0 Å². The molecule has 126 valence electrons. The number of halogens is 2. The maximum atomic E-state index is 13.1. The number of carbonyl (C=O) groups excluding carboxylic acids is 1. The molecule has 5 nitrogen and oxygen atoms in total. The summed E-state index contributed by atoms with van der Waals surface area (Å²) in [6.45, 7) is 0. The van der Waals surface area contributed by atoms with Gasteiger partial charge in [0.15, 0.2) is 0 Å². The molecule has 1 fully saturated rings. The fourth-order valence-corrected chi connectivity index (χ4v) is 3.37. The smallest absolute Gasteiger partial charge is 0.261 e. The number of hydrogen-bond donors (Lipinski definition) is 2. The zero-order chi connectivity index (χ0) is 17.3. The molecule has 0 aliphatic heterocycles. The molecule has 0 spiro atoms. The van der Waals surface area contributed by atoms with Crippen molar-refractivity contribution in [3.05, 3.63) is 58.9 Å². The van der Waals surface area contributed by atoms with Gasteiger partial charge >= 0.3 is 0 Å². The van der Waals surface area contributed by atoms with Crippen molar-refractivity contribution in [1.29, 1.82) is 0 Å². The Morgan fingerprint density at radius 2 is 1.79 bits per heavy atom. The van der Waals surface area contributed by atoms with Crippen LogP contribution in [-0.2, 0) is 10.0 Å². The quantitative estimate of drug-likeness (QED) is 0.851. The van der Waals surface area contributed by atoms with E-state index in [2.05, 4.69) is 10.0 Å². The number of benzene rings is 2. The lowest BCUT2D eigenvalue weighted by molar-refractivity contribution is 0.0951. The summed E-state index contributed by atoms with van der Waals surface area (Å²) in [5, 5.41) is 2.57. The molecule has 0 heterocycles. The lowest BCUT2D eigenvalue weighted by Gasteiger charge is -2.09. The first kappa shape index (κ1) is 16.7. The lowest BCUT2D eigenvalue weighted by atomic mass is 10.2. The fraction of sp³-hybridized carbons (Fsp3) is 0.188. The first-order valence-corrected chi connectivity index (χ1v) is 9.10. The number of rotatable bonds is 5. The molecule has 1 aliphatic carbocycles. The molecule has 24 heavy (non-hydrogen) atoms. The van der Waals surface area contributed by atoms with Crippen LogP contribution in [0.15, 0.2) is 47.4 Å². The molecular formula is C16H14ClFN2O3S. The number of nitrogens with one attached hydrogen (secondary N) is 2. The number of amides is 1. The summed E-state index contributed by atoms with van der Waals surface area (Å²) < 4.78 is 40.0. The van der Waals surface area contributed by atoms with Crippen molar-refractivity contribution >= 4 is 33.2 Å². The van der Waals surface area contributed by atoms with Crippen molar-refractivity contribution in [1.82, 2.24) is 5.32 Å². The average Bonchev–Trinajstić information content (AvgIpc) is 3.34. The van der Waals surface area contributed by atoms with Gasteiger partial charge < -0.3 is 5.32 Å². The molecule has 1 saturated carbocycles. The highest BCUT2D eigenvalue weighted by molar-refractivity contribution is 7.92. The van der Waals surface area contributed by atoms with Crippen LogP contribution in [0.3, 0.4) is 0 Å². The van der Waals surface area contributed by atoms with Gasteiger partial charge in [0.1, 0.15) is 5.82 Å². The van der Waals surface area contributed by atoms with E-state index in [1.165, 1.54) is 24.3 Å². The van der Waals surface area contributed by atoms with Gasteiger partial charge in [0.25, 0.3) is 15.9 Å². The second-order valence-corrected chi connectivity index (χ2v) is 7.60. The minimum Gasteiger partial charge on any atom is -0.349 e. The minimum atomic E-state index is -3.90. The molecule has 2 aromatic rings. The molecule has 0 radical (unpaired) electrons. The summed E-state index contributed by atoms with van der Waals surface area (Å²) >= 11 is 5.61. The van der Waals surface area contributed by atoms with Gasteiger partial charge in [-0.3, -0.25) is 9.52 Å². The zero-order valence-corrected chi connectivity index (χ0v) is 14.0. The summed E-state index contributed by atoms with van der Waals surface area (Å²) in [4.78, 5) is 11.7. The van der Waals surface area contributed by atoms with Gasteiger partial charge in [-0.1, -0.05) is 11.6 Å². The highest BCUT2D eigenvalue weighted by Gasteiger charge is 2.23. The molecule has 2 N–H and O–H groups in total. The molecule has 1 amide bonds. The van der Waals surface area contributed by atoms with E-state index in [0.29, 0.717) is 11.3 Å². The third-order valence-electron chi connectivity index (χ3n) is 3.51. The van der Waals surface area contributed by atoms with Gasteiger partial charge in [-0.25, -0.2) is 12.8 Å². The molecule has 8 heteroatoms. The van der Waals surface area contributed by atoms with Gasteiger partial charge in [0, 0.05) is 17.3 Å². The highest BCUT2D eigenvalue weighted by atomic mass is 35.5. The molecule has 3 rings (SSSR count). The largest absolute Gasteiger partial charge is 0.349 e. The monoisotopic (exact) mass is 368 g/mol. The van der Waals surface area contributed by atoms with Gasteiger partial charge in [-0.15, -0.1) is 0 Å². The van der Waals surface area contributed by atoms with Crippen molar-refractivity contribution in [3.63, 3.8) is 0 Å². The van der Waals surface area contributed by atoms with E-state index in [4.69, 9.17) is 11.6 Å². The van der Waals surface area contributed by atoms with E-state index >= 15 is 0 Å². The van der Waals surface area contributed by atoms with Crippen LogP contribution in [0, 0.1) is 5.82 Å². The van der Waals surface area contributed by atoms with Crippen LogP contribution in [0.25, 0.3) is 0 Å². The topological polar surface area (TPSA) is 75.3 Å². The zero-order valence-electron chi connectivity index (χ0n) is 12.4. The van der Waals surface area contributed by atoms with E-state index in [1.54, 1.807) is 0 Å². The van der Waals surface area contributed by atoms with E-state index in [1.807, 2.05) is 0 Å². The van der Waals surface area contributed by atoms with Crippen LogP contribution < -0.4 is 10.0 Å². The Hall–Kier alpha value is -2.12. The van der Waals surface area contributed by atoms with Crippen molar-refractivity contribution in [2.45, 2.75) is 23.8 Å². The third-order valence-corrected chi connectivity index (χ3v) is 5.18. The van der Waals surface area contributed by atoms with Crippen LogP contribution in [0.4, 0.5) is 10.1 Å². The predicted molar refractivity (Wildman–Crippen MR) is 89.1 cm³/mol. The van der Waals surface area contributed by atoms with Gasteiger partial charge in [-0.05, 0) is 55.3 Å². The lowest BCUT2D eigenvalue weighted by Crippen LogP contribution is -2.25. The normalized spacial score (nSPS) is 14.2. The predicted octanol–water partition coefficient (Wildman–Crippen LogP) is 3.17. The Bertz CT molecular complexity index is 881.